The van der Waals surface area contributed by atoms with Crippen molar-refractivity contribution >= 4 is 19.5 Å². The molecular weight excluding hydrogens is 238 g/mol. The van der Waals surface area contributed by atoms with Crippen LogP contribution in [0.3, 0.4) is 0 Å². The van der Waals surface area contributed by atoms with Gasteiger partial charge in [-0.3, -0.25) is 4.79 Å². The van der Waals surface area contributed by atoms with Crippen molar-refractivity contribution in [3.63, 3.8) is 0 Å². The van der Waals surface area contributed by atoms with E-state index >= 15 is 0 Å². The van der Waals surface area contributed by atoms with E-state index in [4.69, 9.17) is 5.26 Å². The van der Waals surface area contributed by atoms with E-state index in [9.17, 15) is 4.79 Å². The van der Waals surface area contributed by atoms with E-state index in [1.54, 1.807) is 0 Å². The summed E-state index contributed by atoms with van der Waals surface area (Å²) in [7, 11) is -1.70. The van der Waals surface area contributed by atoms with E-state index in [1.807, 2.05) is 18.2 Å². The number of unbranched alkanes of at least 4 members (excludes halogenated alkanes) is 1. The van der Waals surface area contributed by atoms with Gasteiger partial charge >= 0.3 is 0 Å². The lowest BCUT2D eigenvalue weighted by atomic mass is 10.1. The predicted molar refractivity (Wildman–Crippen MR) is 77.2 cm³/mol. The molecule has 1 rings (SSSR count). The molecule has 0 saturated heterocycles. The molecule has 0 N–H and O–H groups in total. The van der Waals surface area contributed by atoms with Gasteiger partial charge in [0.1, 0.15) is 14.4 Å². The fourth-order valence-electron chi connectivity index (χ4n) is 1.95. The zero-order valence-electron chi connectivity index (χ0n) is 11.0. The number of nitriles is 1. The van der Waals surface area contributed by atoms with Gasteiger partial charge in [0.2, 0.25) is 0 Å². The van der Waals surface area contributed by atoms with Crippen molar-refractivity contribution in [1.29, 1.82) is 5.26 Å². The Balaban J connectivity index is 2.84. The van der Waals surface area contributed by atoms with Crippen LogP contribution in [0.15, 0.2) is 41.6 Å². The van der Waals surface area contributed by atoms with Gasteiger partial charge in [0.25, 0.3) is 0 Å². The van der Waals surface area contributed by atoms with Crippen LogP contribution in [-0.2, 0) is 4.79 Å². The summed E-state index contributed by atoms with van der Waals surface area (Å²) in [6.45, 7) is 4.46. The number of carbonyl (C=O) groups excluding carboxylic acids is 1. The Labute approximate surface area is 110 Å². The molecule has 18 heavy (non-hydrogen) atoms. The molecule has 0 spiro atoms. The summed E-state index contributed by atoms with van der Waals surface area (Å²) in [6.07, 6.45) is 2.92. The van der Waals surface area contributed by atoms with Crippen molar-refractivity contribution in [3.8, 4) is 6.07 Å². The molecule has 0 aliphatic heterocycles. The van der Waals surface area contributed by atoms with E-state index in [1.165, 1.54) is 5.19 Å². The first-order valence-electron chi connectivity index (χ1n) is 6.19. The van der Waals surface area contributed by atoms with Gasteiger partial charge in [-0.25, -0.2) is 0 Å². The minimum atomic E-state index is -1.70. The molecule has 0 aromatic heterocycles. The lowest BCUT2D eigenvalue weighted by molar-refractivity contribution is -0.105. The van der Waals surface area contributed by atoms with Crippen LogP contribution in [0.1, 0.15) is 19.3 Å². The third-order valence-corrected chi connectivity index (χ3v) is 5.88. The third kappa shape index (κ3) is 4.31. The maximum absolute atomic E-state index is 11.1. The molecule has 0 atom stereocenters. The van der Waals surface area contributed by atoms with Gasteiger partial charge in [-0.05, 0) is 18.4 Å². The number of nitrogens with zero attached hydrogens (tertiary/aromatic N) is 1. The number of benzene rings is 1. The van der Waals surface area contributed by atoms with Crippen LogP contribution >= 0.6 is 0 Å². The van der Waals surface area contributed by atoms with Crippen molar-refractivity contribution in [1.82, 2.24) is 0 Å². The maximum atomic E-state index is 11.1. The molecule has 2 nitrogen and oxygen atoms in total. The van der Waals surface area contributed by atoms with E-state index in [-0.39, 0.29) is 0 Å². The number of hydrogen-bond acceptors (Lipinski definition) is 2. The Bertz CT molecular complexity index is 457. The van der Waals surface area contributed by atoms with Crippen LogP contribution in [0.4, 0.5) is 0 Å². The maximum Gasteiger partial charge on any atom is 0.145 e. The summed E-state index contributed by atoms with van der Waals surface area (Å²) in [5.74, 6) is 0. The first kappa shape index (κ1) is 14.4. The minimum absolute atomic E-state index is 0.512. The zero-order chi connectivity index (χ0) is 13.4. The van der Waals surface area contributed by atoms with Gasteiger partial charge in [0.15, 0.2) is 0 Å². The molecule has 0 amide bonds. The molecular formula is C15H19NOSi. The molecule has 94 valence electrons. The summed E-state index contributed by atoms with van der Waals surface area (Å²) < 4.78 is 0. The number of carbonyl (C=O) groups is 1. The molecule has 0 radical (unpaired) electrons. The lowest BCUT2D eigenvalue weighted by Crippen LogP contribution is -2.39. The number of aldehydes is 1. The van der Waals surface area contributed by atoms with Crippen molar-refractivity contribution in [3.05, 3.63) is 41.6 Å². The summed E-state index contributed by atoms with van der Waals surface area (Å²) in [6, 6.07) is 12.4. The molecule has 1 aromatic rings. The summed E-state index contributed by atoms with van der Waals surface area (Å²) in [5.41, 5.74) is 2.98. The van der Waals surface area contributed by atoms with Crippen LogP contribution in [0.25, 0.3) is 0 Å². The molecule has 0 heterocycles. The average Bonchev–Trinajstić information content (AvgIpc) is 2.38. The largest absolute Gasteiger partial charge is 0.298 e. The van der Waals surface area contributed by atoms with Gasteiger partial charge < -0.3 is 0 Å². The first-order valence-corrected chi connectivity index (χ1v) is 9.27. The SMILES string of the molecule is C[Si](C)(/C=C(\C=O)CCCC#N)c1ccccc1. The first-order chi connectivity index (χ1) is 8.60. The van der Waals surface area contributed by atoms with Crippen LogP contribution in [0.2, 0.25) is 13.1 Å². The number of hydrogen-bond donors (Lipinski definition) is 0. The molecule has 1 aromatic carbocycles. The Morgan fingerprint density at radius 2 is 2.00 bits per heavy atom. The van der Waals surface area contributed by atoms with Crippen molar-refractivity contribution in [2.45, 2.75) is 32.4 Å². The Morgan fingerprint density at radius 3 is 2.56 bits per heavy atom. The van der Waals surface area contributed by atoms with Crippen molar-refractivity contribution in [2.75, 3.05) is 0 Å². The molecule has 3 heteroatoms. The van der Waals surface area contributed by atoms with Crippen LogP contribution < -0.4 is 5.19 Å². The number of rotatable bonds is 6. The molecule has 0 unspecified atom stereocenters. The minimum Gasteiger partial charge on any atom is -0.298 e. The lowest BCUT2D eigenvalue weighted by Gasteiger charge is -2.19. The zero-order valence-corrected chi connectivity index (χ0v) is 12.0. The topological polar surface area (TPSA) is 40.9 Å². The second kappa shape index (κ2) is 6.92. The monoisotopic (exact) mass is 257 g/mol. The van der Waals surface area contributed by atoms with E-state index in [0.29, 0.717) is 12.8 Å². The fourth-order valence-corrected chi connectivity index (χ4v) is 4.31. The van der Waals surface area contributed by atoms with Crippen molar-refractivity contribution < 1.29 is 4.79 Å². The highest BCUT2D eigenvalue weighted by molar-refractivity contribution is 6.94. The molecule has 0 aliphatic rings. The van der Waals surface area contributed by atoms with Gasteiger partial charge in [0.05, 0.1) is 6.07 Å². The van der Waals surface area contributed by atoms with Gasteiger partial charge in [-0.2, -0.15) is 5.26 Å². The Kier molecular flexibility index (Phi) is 5.54. The predicted octanol–water partition coefficient (Wildman–Crippen LogP) is 2.96. The number of allylic oxidation sites excluding steroid dienone is 1. The van der Waals surface area contributed by atoms with Crippen LogP contribution in [0, 0.1) is 11.3 Å². The summed E-state index contributed by atoms with van der Waals surface area (Å²) >= 11 is 0. The molecule has 0 bridgehead atoms. The van der Waals surface area contributed by atoms with E-state index < -0.39 is 8.07 Å². The average molecular weight is 257 g/mol. The van der Waals surface area contributed by atoms with Crippen molar-refractivity contribution in [2.24, 2.45) is 0 Å². The molecule has 0 fully saturated rings. The summed E-state index contributed by atoms with van der Waals surface area (Å²) in [4.78, 5) is 11.1. The third-order valence-electron chi connectivity index (χ3n) is 2.97. The Hall–Kier alpha value is -1.66. The van der Waals surface area contributed by atoms with Gasteiger partial charge in [0, 0.05) is 6.42 Å². The molecule has 0 saturated carbocycles. The van der Waals surface area contributed by atoms with E-state index in [0.717, 1.165) is 18.3 Å². The highest BCUT2D eigenvalue weighted by Gasteiger charge is 2.20. The second-order valence-corrected chi connectivity index (χ2v) is 9.25. The standard InChI is InChI=1S/C15H19NOSi/c1-18(2,15-9-4-3-5-10-15)13-14(12-17)8-6-7-11-16/h3-5,9-10,12-13H,6-8H2,1-2H3/b14-13-. The highest BCUT2D eigenvalue weighted by Crippen LogP contribution is 2.12. The highest BCUT2D eigenvalue weighted by atomic mass is 28.3. The normalized spacial score (nSPS) is 11.9. The van der Waals surface area contributed by atoms with Crippen LogP contribution in [-0.4, -0.2) is 14.4 Å². The quantitative estimate of drug-likeness (QED) is 0.340. The van der Waals surface area contributed by atoms with Crippen LogP contribution in [0.5, 0.6) is 0 Å². The second-order valence-electron chi connectivity index (χ2n) is 4.94. The summed E-state index contributed by atoms with van der Waals surface area (Å²) in [5, 5.41) is 9.84. The molecule has 0 aliphatic carbocycles. The van der Waals surface area contributed by atoms with E-state index in [2.05, 4.69) is 37.0 Å². The van der Waals surface area contributed by atoms with Gasteiger partial charge in [-0.1, -0.05) is 54.3 Å². The fraction of sp³-hybridized carbons (Fsp3) is 0.333. The van der Waals surface area contributed by atoms with Gasteiger partial charge in [-0.15, -0.1) is 0 Å². The Morgan fingerprint density at radius 1 is 1.33 bits per heavy atom. The smallest absolute Gasteiger partial charge is 0.145 e.